The fourth-order valence-electron chi connectivity index (χ4n) is 1.06. The van der Waals surface area contributed by atoms with Crippen LogP contribution < -0.4 is 5.73 Å². The second-order valence-corrected chi connectivity index (χ2v) is 4.09. The number of carbonyl (C=O) groups excluding carboxylic acids is 1. The van der Waals surface area contributed by atoms with Crippen LogP contribution in [0.1, 0.15) is 11.8 Å². The smallest absolute Gasteiger partial charge is 0.239 e. The number of carbonyl (C=O) groups is 1. The molecule has 0 unspecified atom stereocenters. The van der Waals surface area contributed by atoms with Gasteiger partial charge in [0, 0.05) is 11.9 Å². The number of thiophene rings is 1. The molecule has 0 radical (unpaired) electrons. The number of nitrogens with zero attached hydrogens (tertiary/aromatic N) is 1. The molecule has 1 aromatic rings. The van der Waals surface area contributed by atoms with Crippen LogP contribution in [0.5, 0.6) is 0 Å². The van der Waals surface area contributed by atoms with Crippen LogP contribution in [0, 0.1) is 0 Å². The summed E-state index contributed by atoms with van der Waals surface area (Å²) >= 11 is 1.65. The van der Waals surface area contributed by atoms with Crippen LogP contribution in [0.4, 0.5) is 0 Å². The lowest BCUT2D eigenvalue weighted by atomic mass is 10.3. The van der Waals surface area contributed by atoms with E-state index in [1.807, 2.05) is 17.5 Å². The van der Waals surface area contributed by atoms with Gasteiger partial charge in [-0.15, -0.1) is 11.3 Å². The Balaban J connectivity index is 2.51. The van der Waals surface area contributed by atoms with E-state index in [0.717, 1.165) is 0 Å². The second-order valence-electron chi connectivity index (χ2n) is 3.06. The number of amides is 1. The van der Waals surface area contributed by atoms with Crippen molar-refractivity contribution in [1.29, 1.82) is 0 Å². The molecular weight excluding hydrogens is 184 g/mol. The number of likely N-dealkylation sites (N-methyl/N-ethyl adjacent to an activating group) is 1. The van der Waals surface area contributed by atoms with E-state index in [1.54, 1.807) is 30.2 Å². The minimum atomic E-state index is -0.412. The Kier molecular flexibility index (Phi) is 3.45. The molecule has 2 N–H and O–H groups in total. The summed E-state index contributed by atoms with van der Waals surface area (Å²) in [7, 11) is 1.77. The fraction of sp³-hybridized carbons (Fsp3) is 0.444. The molecule has 0 spiro atoms. The van der Waals surface area contributed by atoms with Crippen LogP contribution in [0.3, 0.4) is 0 Å². The summed E-state index contributed by atoms with van der Waals surface area (Å²) in [6.07, 6.45) is 0. The van der Waals surface area contributed by atoms with Crippen molar-refractivity contribution in [1.82, 2.24) is 4.90 Å². The van der Waals surface area contributed by atoms with Gasteiger partial charge >= 0.3 is 0 Å². The first-order valence-corrected chi connectivity index (χ1v) is 5.02. The van der Waals surface area contributed by atoms with E-state index in [2.05, 4.69) is 0 Å². The molecule has 0 saturated heterocycles. The summed E-state index contributed by atoms with van der Waals surface area (Å²) in [6.45, 7) is 2.35. The van der Waals surface area contributed by atoms with Crippen LogP contribution >= 0.6 is 11.3 Å². The maximum atomic E-state index is 11.4. The van der Waals surface area contributed by atoms with Crippen molar-refractivity contribution in [3.8, 4) is 0 Å². The number of rotatable bonds is 3. The monoisotopic (exact) mass is 198 g/mol. The highest BCUT2D eigenvalue weighted by Crippen LogP contribution is 2.10. The third-order valence-electron chi connectivity index (χ3n) is 1.74. The largest absolute Gasteiger partial charge is 0.339 e. The summed E-state index contributed by atoms with van der Waals surface area (Å²) in [5, 5.41) is 2.00. The van der Waals surface area contributed by atoms with Crippen molar-refractivity contribution in [3.63, 3.8) is 0 Å². The van der Waals surface area contributed by atoms with Gasteiger partial charge in [0.1, 0.15) is 0 Å². The van der Waals surface area contributed by atoms with Gasteiger partial charge in [-0.1, -0.05) is 6.07 Å². The molecule has 1 rings (SSSR count). The average molecular weight is 198 g/mol. The van der Waals surface area contributed by atoms with Gasteiger partial charge < -0.3 is 10.6 Å². The molecule has 0 saturated carbocycles. The van der Waals surface area contributed by atoms with E-state index in [0.29, 0.717) is 6.54 Å². The molecule has 4 heteroatoms. The van der Waals surface area contributed by atoms with Crippen molar-refractivity contribution in [2.75, 3.05) is 7.05 Å². The SMILES string of the molecule is C[C@@H](N)C(=O)N(C)Cc1cccs1. The highest BCUT2D eigenvalue weighted by atomic mass is 32.1. The third kappa shape index (κ3) is 2.82. The summed E-state index contributed by atoms with van der Waals surface area (Å²) in [5.74, 6) is -0.0200. The molecule has 0 aromatic carbocycles. The molecule has 0 fully saturated rings. The first kappa shape index (κ1) is 10.2. The van der Waals surface area contributed by atoms with Crippen molar-refractivity contribution in [2.45, 2.75) is 19.5 Å². The average Bonchev–Trinajstić information content (AvgIpc) is 2.55. The lowest BCUT2D eigenvalue weighted by molar-refractivity contribution is -0.131. The number of nitrogens with two attached hydrogens (primary N) is 1. The maximum absolute atomic E-state index is 11.4. The van der Waals surface area contributed by atoms with E-state index >= 15 is 0 Å². The van der Waals surface area contributed by atoms with E-state index < -0.39 is 6.04 Å². The van der Waals surface area contributed by atoms with Crippen LogP contribution in [0.25, 0.3) is 0 Å². The number of hydrogen-bond acceptors (Lipinski definition) is 3. The molecule has 1 atom stereocenters. The van der Waals surface area contributed by atoms with Gasteiger partial charge in [-0.3, -0.25) is 4.79 Å². The summed E-state index contributed by atoms with van der Waals surface area (Å²) in [4.78, 5) is 14.2. The van der Waals surface area contributed by atoms with Crippen LogP contribution in [-0.2, 0) is 11.3 Å². The zero-order valence-electron chi connectivity index (χ0n) is 7.86. The van der Waals surface area contributed by atoms with Crippen molar-refractivity contribution in [2.24, 2.45) is 5.73 Å². The zero-order chi connectivity index (χ0) is 9.84. The molecule has 3 nitrogen and oxygen atoms in total. The van der Waals surface area contributed by atoms with Gasteiger partial charge in [-0.2, -0.15) is 0 Å². The van der Waals surface area contributed by atoms with Crippen LogP contribution in [0.2, 0.25) is 0 Å². The Bertz CT molecular complexity index is 269. The molecule has 0 aliphatic heterocycles. The van der Waals surface area contributed by atoms with Crippen LogP contribution in [0.15, 0.2) is 17.5 Å². The molecule has 1 aromatic heterocycles. The van der Waals surface area contributed by atoms with Gasteiger partial charge in [0.2, 0.25) is 5.91 Å². The Morgan fingerprint density at radius 2 is 2.46 bits per heavy atom. The van der Waals surface area contributed by atoms with Crippen molar-refractivity contribution in [3.05, 3.63) is 22.4 Å². The predicted octanol–water partition coefficient (Wildman–Crippen LogP) is 1.05. The van der Waals surface area contributed by atoms with Crippen molar-refractivity contribution < 1.29 is 4.79 Å². The zero-order valence-corrected chi connectivity index (χ0v) is 8.67. The summed E-state index contributed by atoms with van der Waals surface area (Å²) in [5.41, 5.74) is 5.48. The highest BCUT2D eigenvalue weighted by molar-refractivity contribution is 7.09. The lowest BCUT2D eigenvalue weighted by Crippen LogP contribution is -2.39. The first-order valence-electron chi connectivity index (χ1n) is 4.14. The lowest BCUT2D eigenvalue weighted by Gasteiger charge is -2.18. The first-order chi connectivity index (χ1) is 6.11. The number of hydrogen-bond donors (Lipinski definition) is 1. The normalized spacial score (nSPS) is 12.5. The van der Waals surface area contributed by atoms with Crippen LogP contribution in [-0.4, -0.2) is 23.9 Å². The standard InChI is InChI=1S/C9H14N2OS/c1-7(10)9(12)11(2)6-8-4-3-5-13-8/h3-5,7H,6,10H2,1-2H3/t7-/m1/s1. The predicted molar refractivity (Wildman–Crippen MR) is 54.4 cm³/mol. The van der Waals surface area contributed by atoms with Gasteiger partial charge in [0.15, 0.2) is 0 Å². The second kappa shape index (κ2) is 4.39. The van der Waals surface area contributed by atoms with Crippen molar-refractivity contribution >= 4 is 17.2 Å². The Labute approximate surface area is 82.2 Å². The van der Waals surface area contributed by atoms with E-state index in [9.17, 15) is 4.79 Å². The topological polar surface area (TPSA) is 46.3 Å². The van der Waals surface area contributed by atoms with E-state index in [4.69, 9.17) is 5.73 Å². The summed E-state index contributed by atoms with van der Waals surface area (Å²) in [6, 6.07) is 3.57. The molecular formula is C9H14N2OS. The third-order valence-corrected chi connectivity index (χ3v) is 2.60. The summed E-state index contributed by atoms with van der Waals surface area (Å²) < 4.78 is 0. The molecule has 72 valence electrons. The van der Waals surface area contributed by atoms with Gasteiger partial charge in [0.05, 0.1) is 12.6 Å². The molecule has 0 bridgehead atoms. The Morgan fingerprint density at radius 3 is 2.92 bits per heavy atom. The maximum Gasteiger partial charge on any atom is 0.239 e. The van der Waals surface area contributed by atoms with Gasteiger partial charge in [0.25, 0.3) is 0 Å². The van der Waals surface area contributed by atoms with E-state index in [-0.39, 0.29) is 5.91 Å². The molecule has 1 heterocycles. The van der Waals surface area contributed by atoms with Gasteiger partial charge in [-0.25, -0.2) is 0 Å². The quantitative estimate of drug-likeness (QED) is 0.789. The minimum absolute atomic E-state index is 0.0200. The molecule has 1 amide bonds. The molecule has 0 aliphatic carbocycles. The minimum Gasteiger partial charge on any atom is -0.339 e. The molecule has 0 aliphatic rings. The van der Waals surface area contributed by atoms with Gasteiger partial charge in [-0.05, 0) is 18.4 Å². The Hall–Kier alpha value is -0.870. The van der Waals surface area contributed by atoms with E-state index in [1.165, 1.54) is 4.88 Å². The molecule has 13 heavy (non-hydrogen) atoms. The highest BCUT2D eigenvalue weighted by Gasteiger charge is 2.13. The Morgan fingerprint density at radius 1 is 1.77 bits per heavy atom. The fourth-order valence-corrected chi connectivity index (χ4v) is 1.82.